The Bertz CT molecular complexity index is 771. The molecule has 0 bridgehead atoms. The minimum Gasteiger partial charge on any atom is -0.462 e. The molecule has 0 spiro atoms. The van der Waals surface area contributed by atoms with Crippen molar-refractivity contribution in [3.05, 3.63) is 23.8 Å². The molecule has 0 aromatic carbocycles. The standard InChI is InChI=1S/C21H28O8/c1-6-9(2)19(25)28-14-8-15(27-11(4)22)21(5)12(14)7-13(23)17-16(18(21)24)10(3)20(26)29-17/h6,12-18,23-24H,3,7-8H2,1-2,4-5H3/b9-6-/t12-,13-,14+,15-,16-,17+,18-,21+/m1/s1. The molecule has 1 heterocycles. The third-order valence-electron chi connectivity index (χ3n) is 6.82. The van der Waals surface area contributed by atoms with Crippen LogP contribution in [0.3, 0.4) is 0 Å². The topological polar surface area (TPSA) is 119 Å². The van der Waals surface area contributed by atoms with Crippen LogP contribution in [0.2, 0.25) is 0 Å². The second kappa shape index (κ2) is 7.57. The molecular formula is C21H28O8. The van der Waals surface area contributed by atoms with E-state index in [2.05, 4.69) is 6.58 Å². The maximum Gasteiger partial charge on any atom is 0.334 e. The van der Waals surface area contributed by atoms with E-state index >= 15 is 0 Å². The molecule has 8 heteroatoms. The van der Waals surface area contributed by atoms with Gasteiger partial charge in [0.25, 0.3) is 0 Å². The van der Waals surface area contributed by atoms with Crippen molar-refractivity contribution in [2.75, 3.05) is 0 Å². The van der Waals surface area contributed by atoms with Crippen LogP contribution in [0, 0.1) is 17.3 Å². The highest BCUT2D eigenvalue weighted by atomic mass is 16.6. The number of hydrogen-bond donors (Lipinski definition) is 2. The summed E-state index contributed by atoms with van der Waals surface area (Å²) in [4.78, 5) is 36.1. The Labute approximate surface area is 169 Å². The summed E-state index contributed by atoms with van der Waals surface area (Å²) < 4.78 is 16.5. The SMILES string of the molecule is C=C1C(=O)O[C@@H]2[C@@H]1[C@@H](O)[C@@]1(C)[C@H](C[C@H]2O)[C@@H](OC(=O)/C(C)=C\C)C[C@H]1OC(C)=O. The summed E-state index contributed by atoms with van der Waals surface area (Å²) >= 11 is 0. The molecule has 8 atom stereocenters. The van der Waals surface area contributed by atoms with Gasteiger partial charge in [0.1, 0.15) is 18.3 Å². The van der Waals surface area contributed by atoms with Crippen molar-refractivity contribution in [2.45, 2.75) is 71.1 Å². The molecular weight excluding hydrogens is 380 g/mol. The average Bonchev–Trinajstić information content (AvgIpc) is 3.06. The van der Waals surface area contributed by atoms with E-state index < -0.39 is 65.7 Å². The van der Waals surface area contributed by atoms with Crippen LogP contribution in [0.4, 0.5) is 0 Å². The minimum absolute atomic E-state index is 0.0789. The first-order valence-electron chi connectivity index (χ1n) is 9.79. The molecule has 0 unspecified atom stereocenters. The molecule has 3 fully saturated rings. The van der Waals surface area contributed by atoms with Crippen LogP contribution >= 0.6 is 0 Å². The fourth-order valence-electron chi connectivity index (χ4n) is 5.01. The van der Waals surface area contributed by atoms with Gasteiger partial charge in [0.15, 0.2) is 0 Å². The normalized spacial score (nSPS) is 41.9. The van der Waals surface area contributed by atoms with Crippen LogP contribution in [0.25, 0.3) is 0 Å². The maximum absolute atomic E-state index is 12.4. The molecule has 2 saturated carbocycles. The first-order valence-corrected chi connectivity index (χ1v) is 9.79. The van der Waals surface area contributed by atoms with Gasteiger partial charge in [0.2, 0.25) is 0 Å². The van der Waals surface area contributed by atoms with E-state index in [0.717, 1.165) is 0 Å². The molecule has 1 saturated heterocycles. The predicted octanol–water partition coefficient (Wildman–Crippen LogP) is 1.05. The van der Waals surface area contributed by atoms with E-state index in [0.29, 0.717) is 5.57 Å². The molecule has 0 aromatic rings. The summed E-state index contributed by atoms with van der Waals surface area (Å²) in [6.45, 7) is 10.1. The van der Waals surface area contributed by atoms with Gasteiger partial charge in [-0.05, 0) is 20.3 Å². The number of allylic oxidation sites excluding steroid dienone is 1. The fraction of sp³-hybridized carbons (Fsp3) is 0.667. The molecule has 0 radical (unpaired) electrons. The van der Waals surface area contributed by atoms with Gasteiger partial charge < -0.3 is 24.4 Å². The van der Waals surface area contributed by atoms with Gasteiger partial charge in [0.05, 0.1) is 18.1 Å². The van der Waals surface area contributed by atoms with Gasteiger partial charge in [-0.15, -0.1) is 0 Å². The van der Waals surface area contributed by atoms with Crippen LogP contribution < -0.4 is 0 Å². The Morgan fingerprint density at radius 1 is 1.24 bits per heavy atom. The Kier molecular flexibility index (Phi) is 5.62. The molecule has 8 nitrogen and oxygen atoms in total. The summed E-state index contributed by atoms with van der Waals surface area (Å²) in [5.74, 6) is -3.04. The molecule has 1 aliphatic heterocycles. The Hall–Kier alpha value is -2.19. The number of fused-ring (bicyclic) bond motifs is 2. The van der Waals surface area contributed by atoms with Crippen molar-refractivity contribution in [1.82, 2.24) is 0 Å². The van der Waals surface area contributed by atoms with Crippen molar-refractivity contribution in [1.29, 1.82) is 0 Å². The second-order valence-corrected chi connectivity index (χ2v) is 8.39. The number of carbonyl (C=O) groups excluding carboxylic acids is 3. The Balaban J connectivity index is 2.02. The lowest BCUT2D eigenvalue weighted by Crippen LogP contribution is -2.49. The van der Waals surface area contributed by atoms with Crippen LogP contribution in [-0.2, 0) is 28.6 Å². The largest absolute Gasteiger partial charge is 0.462 e. The average molecular weight is 408 g/mol. The molecule has 0 amide bonds. The van der Waals surface area contributed by atoms with Gasteiger partial charge in [-0.25, -0.2) is 9.59 Å². The first kappa shape index (κ1) is 21.5. The van der Waals surface area contributed by atoms with E-state index in [1.807, 2.05) is 0 Å². The summed E-state index contributed by atoms with van der Waals surface area (Å²) in [5.41, 5.74) is -0.565. The van der Waals surface area contributed by atoms with Crippen LogP contribution in [0.5, 0.6) is 0 Å². The van der Waals surface area contributed by atoms with Crippen molar-refractivity contribution in [2.24, 2.45) is 17.3 Å². The van der Waals surface area contributed by atoms with Crippen LogP contribution in [-0.4, -0.2) is 58.6 Å². The highest BCUT2D eigenvalue weighted by Crippen LogP contribution is 2.57. The summed E-state index contributed by atoms with van der Waals surface area (Å²) in [5, 5.41) is 22.1. The zero-order valence-corrected chi connectivity index (χ0v) is 17.1. The first-order chi connectivity index (χ1) is 13.5. The van der Waals surface area contributed by atoms with Crippen molar-refractivity contribution in [3.8, 4) is 0 Å². The molecule has 2 N–H and O–H groups in total. The number of rotatable bonds is 3. The molecule has 0 aromatic heterocycles. The van der Waals surface area contributed by atoms with E-state index in [-0.39, 0.29) is 18.4 Å². The number of aliphatic hydroxyl groups is 2. The monoisotopic (exact) mass is 408 g/mol. The summed E-state index contributed by atoms with van der Waals surface area (Å²) in [7, 11) is 0. The van der Waals surface area contributed by atoms with Gasteiger partial charge in [-0.2, -0.15) is 0 Å². The van der Waals surface area contributed by atoms with Crippen molar-refractivity contribution < 1.29 is 38.8 Å². The predicted molar refractivity (Wildman–Crippen MR) is 100 cm³/mol. The van der Waals surface area contributed by atoms with E-state index in [1.54, 1.807) is 26.8 Å². The molecule has 3 rings (SSSR count). The molecule has 2 aliphatic carbocycles. The zero-order valence-electron chi connectivity index (χ0n) is 17.1. The number of ether oxygens (including phenoxy) is 3. The second-order valence-electron chi connectivity index (χ2n) is 8.39. The van der Waals surface area contributed by atoms with Gasteiger partial charge in [0, 0.05) is 35.8 Å². The van der Waals surface area contributed by atoms with Gasteiger partial charge in [-0.1, -0.05) is 19.6 Å². The van der Waals surface area contributed by atoms with E-state index in [4.69, 9.17) is 14.2 Å². The van der Waals surface area contributed by atoms with Crippen LogP contribution in [0.1, 0.15) is 40.5 Å². The molecule has 3 aliphatic rings. The lowest BCUT2D eigenvalue weighted by Gasteiger charge is -2.41. The van der Waals surface area contributed by atoms with Gasteiger partial charge in [-0.3, -0.25) is 4.79 Å². The maximum atomic E-state index is 12.4. The highest BCUT2D eigenvalue weighted by Gasteiger charge is 2.66. The van der Waals surface area contributed by atoms with Crippen molar-refractivity contribution >= 4 is 17.9 Å². The molecule has 29 heavy (non-hydrogen) atoms. The third-order valence-corrected chi connectivity index (χ3v) is 6.82. The number of esters is 3. The minimum atomic E-state index is -1.19. The number of carbonyl (C=O) groups is 3. The quantitative estimate of drug-likeness (QED) is 0.404. The Morgan fingerprint density at radius 2 is 1.90 bits per heavy atom. The molecule has 160 valence electrons. The highest BCUT2D eigenvalue weighted by molar-refractivity contribution is 5.91. The number of hydrogen-bond acceptors (Lipinski definition) is 8. The van der Waals surface area contributed by atoms with E-state index in [1.165, 1.54) is 6.92 Å². The fourth-order valence-corrected chi connectivity index (χ4v) is 5.01. The zero-order chi connectivity index (χ0) is 21.7. The van der Waals surface area contributed by atoms with Gasteiger partial charge >= 0.3 is 17.9 Å². The number of aliphatic hydroxyl groups excluding tert-OH is 2. The summed E-state index contributed by atoms with van der Waals surface area (Å²) in [6.07, 6.45) is -2.73. The lowest BCUT2D eigenvalue weighted by molar-refractivity contribution is -0.161. The lowest BCUT2D eigenvalue weighted by atomic mass is 9.69. The smallest absolute Gasteiger partial charge is 0.334 e. The van der Waals surface area contributed by atoms with Crippen LogP contribution in [0.15, 0.2) is 23.8 Å². The Morgan fingerprint density at radius 3 is 2.48 bits per heavy atom. The summed E-state index contributed by atoms with van der Waals surface area (Å²) in [6, 6.07) is 0. The third kappa shape index (κ3) is 3.38. The van der Waals surface area contributed by atoms with E-state index in [9.17, 15) is 24.6 Å². The van der Waals surface area contributed by atoms with Crippen molar-refractivity contribution in [3.63, 3.8) is 0 Å².